The minimum Gasteiger partial charge on any atom is -0.480 e. The third kappa shape index (κ3) is 4.19. The minimum absolute atomic E-state index is 0.149. The number of carbonyl (C=O) groups excluding carboxylic acids is 1. The summed E-state index contributed by atoms with van der Waals surface area (Å²) in [5.41, 5.74) is 0.501. The number of benzene rings is 1. The summed E-state index contributed by atoms with van der Waals surface area (Å²) in [6.45, 7) is -0.498. The van der Waals surface area contributed by atoms with Crippen molar-refractivity contribution in [3.05, 3.63) is 53.3 Å². The highest BCUT2D eigenvalue weighted by atomic mass is 35.5. The number of aromatic nitrogens is 1. The summed E-state index contributed by atoms with van der Waals surface area (Å²) in [5.74, 6) is -1.31. The lowest BCUT2D eigenvalue weighted by Gasteiger charge is -2.10. The van der Waals surface area contributed by atoms with Crippen molar-refractivity contribution in [3.8, 4) is 5.75 Å². The molecule has 2 aromatic rings. The van der Waals surface area contributed by atoms with Gasteiger partial charge in [-0.2, -0.15) is 0 Å². The molecule has 108 valence electrons. The largest absolute Gasteiger partial charge is 0.480 e. The highest BCUT2D eigenvalue weighted by Gasteiger charge is 2.12. The number of carboxylic acids is 1. The van der Waals surface area contributed by atoms with Crippen LogP contribution in [0.25, 0.3) is 0 Å². The summed E-state index contributed by atoms with van der Waals surface area (Å²) in [6, 6.07) is 11.2. The number of para-hydroxylation sites is 2. The molecule has 2 N–H and O–H groups in total. The van der Waals surface area contributed by atoms with E-state index in [0.717, 1.165) is 0 Å². The Morgan fingerprint density at radius 1 is 1.19 bits per heavy atom. The van der Waals surface area contributed by atoms with E-state index in [1.165, 1.54) is 6.07 Å². The normalized spacial score (nSPS) is 9.95. The van der Waals surface area contributed by atoms with Crippen molar-refractivity contribution in [2.24, 2.45) is 0 Å². The van der Waals surface area contributed by atoms with Crippen molar-refractivity contribution < 1.29 is 19.4 Å². The zero-order chi connectivity index (χ0) is 15.2. The number of carbonyl (C=O) groups is 2. The van der Waals surface area contributed by atoms with Crippen LogP contribution in [0.15, 0.2) is 42.5 Å². The second kappa shape index (κ2) is 6.71. The monoisotopic (exact) mass is 306 g/mol. The summed E-state index contributed by atoms with van der Waals surface area (Å²) in [7, 11) is 0. The maximum atomic E-state index is 12.1. The van der Waals surface area contributed by atoms with Gasteiger partial charge in [0.1, 0.15) is 16.6 Å². The van der Waals surface area contributed by atoms with Crippen LogP contribution in [0.3, 0.4) is 0 Å². The van der Waals surface area contributed by atoms with Crippen LogP contribution >= 0.6 is 11.6 Å². The molecular formula is C14H11ClN2O4. The molecule has 0 spiro atoms. The van der Waals surface area contributed by atoms with Crippen LogP contribution in [0, 0.1) is 0 Å². The lowest BCUT2D eigenvalue weighted by Crippen LogP contribution is -2.16. The first-order valence-corrected chi connectivity index (χ1v) is 6.31. The summed E-state index contributed by atoms with van der Waals surface area (Å²) >= 11 is 5.73. The number of nitrogens with zero attached hydrogens (tertiary/aromatic N) is 1. The lowest BCUT2D eigenvalue weighted by atomic mass is 10.2. The van der Waals surface area contributed by atoms with E-state index in [0.29, 0.717) is 5.69 Å². The SMILES string of the molecule is O=C(O)COc1ccccc1NC(=O)c1cccc(Cl)n1. The first-order valence-electron chi connectivity index (χ1n) is 5.94. The van der Waals surface area contributed by atoms with Crippen LogP contribution in [-0.2, 0) is 4.79 Å². The van der Waals surface area contributed by atoms with E-state index in [-0.39, 0.29) is 16.6 Å². The molecule has 0 fully saturated rings. The predicted molar refractivity (Wildman–Crippen MR) is 76.8 cm³/mol. The van der Waals surface area contributed by atoms with Gasteiger partial charge in [-0.25, -0.2) is 9.78 Å². The smallest absolute Gasteiger partial charge is 0.341 e. The van der Waals surface area contributed by atoms with E-state index in [2.05, 4.69) is 10.3 Å². The van der Waals surface area contributed by atoms with Crippen molar-refractivity contribution in [3.63, 3.8) is 0 Å². The van der Waals surface area contributed by atoms with Gasteiger partial charge in [0, 0.05) is 0 Å². The number of carboxylic acid groups (broad SMARTS) is 1. The third-order valence-corrected chi connectivity index (χ3v) is 2.64. The molecule has 0 radical (unpaired) electrons. The Balaban J connectivity index is 2.15. The van der Waals surface area contributed by atoms with Gasteiger partial charge in [0.15, 0.2) is 6.61 Å². The molecule has 0 unspecified atom stereocenters. The number of anilines is 1. The fourth-order valence-electron chi connectivity index (χ4n) is 1.56. The second-order valence-electron chi connectivity index (χ2n) is 3.98. The van der Waals surface area contributed by atoms with E-state index in [9.17, 15) is 9.59 Å². The molecule has 1 heterocycles. The molecule has 0 aliphatic rings. The standard InChI is InChI=1S/C14H11ClN2O4/c15-12-7-3-5-10(16-12)14(20)17-9-4-1-2-6-11(9)21-8-13(18)19/h1-7H,8H2,(H,17,20)(H,18,19). The zero-order valence-electron chi connectivity index (χ0n) is 10.7. The molecule has 2 rings (SSSR count). The van der Waals surface area contributed by atoms with Crippen LogP contribution in [0.5, 0.6) is 5.75 Å². The van der Waals surface area contributed by atoms with Crippen molar-refractivity contribution in [2.45, 2.75) is 0 Å². The predicted octanol–water partition coefficient (Wildman–Crippen LogP) is 2.45. The first-order chi connectivity index (χ1) is 10.1. The molecule has 21 heavy (non-hydrogen) atoms. The molecule has 0 saturated heterocycles. The van der Waals surface area contributed by atoms with Crippen molar-refractivity contribution in [1.82, 2.24) is 4.98 Å². The fraction of sp³-hybridized carbons (Fsp3) is 0.0714. The van der Waals surface area contributed by atoms with E-state index in [1.54, 1.807) is 36.4 Å². The maximum absolute atomic E-state index is 12.1. The molecule has 1 aromatic heterocycles. The zero-order valence-corrected chi connectivity index (χ0v) is 11.5. The highest BCUT2D eigenvalue weighted by Crippen LogP contribution is 2.24. The Morgan fingerprint density at radius 2 is 1.95 bits per heavy atom. The Morgan fingerprint density at radius 3 is 2.67 bits per heavy atom. The highest BCUT2D eigenvalue weighted by molar-refractivity contribution is 6.29. The third-order valence-electron chi connectivity index (χ3n) is 2.43. The minimum atomic E-state index is -1.10. The van der Waals surface area contributed by atoms with E-state index >= 15 is 0 Å². The lowest BCUT2D eigenvalue weighted by molar-refractivity contribution is -0.139. The van der Waals surface area contributed by atoms with Crippen LogP contribution in [0.2, 0.25) is 5.15 Å². The van der Waals surface area contributed by atoms with Gasteiger partial charge in [-0.05, 0) is 24.3 Å². The second-order valence-corrected chi connectivity index (χ2v) is 4.37. The summed E-state index contributed by atoms with van der Waals surface area (Å²) < 4.78 is 5.10. The van der Waals surface area contributed by atoms with Gasteiger partial charge >= 0.3 is 5.97 Å². The molecule has 6 nitrogen and oxygen atoms in total. The number of ether oxygens (including phenoxy) is 1. The first kappa shape index (κ1) is 14.8. The Kier molecular flexibility index (Phi) is 4.73. The van der Waals surface area contributed by atoms with Gasteiger partial charge in [0.05, 0.1) is 5.69 Å². The summed E-state index contributed by atoms with van der Waals surface area (Å²) in [4.78, 5) is 26.5. The quantitative estimate of drug-likeness (QED) is 0.828. The van der Waals surface area contributed by atoms with Gasteiger partial charge in [-0.3, -0.25) is 4.79 Å². The van der Waals surface area contributed by atoms with Crippen molar-refractivity contribution >= 4 is 29.2 Å². The van der Waals surface area contributed by atoms with E-state index in [1.807, 2.05) is 0 Å². The van der Waals surface area contributed by atoms with Crippen LogP contribution in [0.4, 0.5) is 5.69 Å². The van der Waals surface area contributed by atoms with Gasteiger partial charge in [0.2, 0.25) is 0 Å². The molecule has 0 atom stereocenters. The molecule has 1 aromatic carbocycles. The van der Waals surface area contributed by atoms with E-state index < -0.39 is 18.5 Å². The summed E-state index contributed by atoms with van der Waals surface area (Å²) in [6.07, 6.45) is 0. The molecular weight excluding hydrogens is 296 g/mol. The van der Waals surface area contributed by atoms with Gasteiger partial charge < -0.3 is 15.2 Å². The molecule has 0 bridgehead atoms. The molecule has 0 saturated carbocycles. The van der Waals surface area contributed by atoms with Crippen LogP contribution in [0.1, 0.15) is 10.5 Å². The number of amides is 1. The Labute approximate surface area is 125 Å². The van der Waals surface area contributed by atoms with Gasteiger partial charge in [0.25, 0.3) is 5.91 Å². The Hall–Kier alpha value is -2.60. The Bertz CT molecular complexity index is 676. The van der Waals surface area contributed by atoms with Crippen molar-refractivity contribution in [2.75, 3.05) is 11.9 Å². The number of nitrogens with one attached hydrogen (secondary N) is 1. The summed E-state index contributed by atoms with van der Waals surface area (Å²) in [5, 5.41) is 11.4. The average Bonchev–Trinajstić information content (AvgIpc) is 2.46. The number of halogens is 1. The number of hydrogen-bond donors (Lipinski definition) is 2. The number of pyridine rings is 1. The van der Waals surface area contributed by atoms with E-state index in [4.69, 9.17) is 21.4 Å². The molecule has 7 heteroatoms. The van der Waals surface area contributed by atoms with Crippen molar-refractivity contribution in [1.29, 1.82) is 0 Å². The fourth-order valence-corrected chi connectivity index (χ4v) is 1.72. The van der Waals surface area contributed by atoms with Crippen LogP contribution < -0.4 is 10.1 Å². The topological polar surface area (TPSA) is 88.5 Å². The molecule has 0 aliphatic heterocycles. The van der Waals surface area contributed by atoms with Crippen LogP contribution in [-0.4, -0.2) is 28.6 Å². The van der Waals surface area contributed by atoms with Gasteiger partial charge in [-0.1, -0.05) is 29.8 Å². The number of aliphatic carboxylic acids is 1. The maximum Gasteiger partial charge on any atom is 0.341 e. The van der Waals surface area contributed by atoms with Gasteiger partial charge in [-0.15, -0.1) is 0 Å². The average molecular weight is 307 g/mol. The number of hydrogen-bond acceptors (Lipinski definition) is 4. The molecule has 0 aliphatic carbocycles. The number of rotatable bonds is 5. The molecule has 1 amide bonds.